The average molecular weight is 224 g/mol. The molecule has 0 unspecified atom stereocenters. The average Bonchev–Trinajstić information content (AvgIpc) is 2.35. The second kappa shape index (κ2) is 7.35. The summed E-state index contributed by atoms with van der Waals surface area (Å²) >= 11 is 0. The van der Waals surface area contributed by atoms with E-state index in [1.165, 1.54) is 70.6 Å². The second-order valence-corrected chi connectivity index (χ2v) is 6.04. The number of unbranched alkanes of at least 4 members (excludes halogenated alkanes) is 2. The van der Waals surface area contributed by atoms with Crippen LogP contribution in [0.15, 0.2) is 0 Å². The topological polar surface area (TPSA) is 0 Å². The first-order valence-electron chi connectivity index (χ1n) is 7.76. The van der Waals surface area contributed by atoms with E-state index < -0.39 is 0 Å². The summed E-state index contributed by atoms with van der Waals surface area (Å²) in [5, 5.41) is 0. The first-order chi connectivity index (χ1) is 7.76. The van der Waals surface area contributed by atoms with Crippen LogP contribution in [-0.4, -0.2) is 0 Å². The van der Waals surface area contributed by atoms with Crippen LogP contribution in [0.25, 0.3) is 0 Å². The van der Waals surface area contributed by atoms with Crippen molar-refractivity contribution in [2.75, 3.05) is 0 Å². The Hall–Kier alpha value is 0. The molecule has 0 N–H and O–H groups in total. The Morgan fingerprint density at radius 2 is 1.56 bits per heavy atom. The van der Waals surface area contributed by atoms with Crippen LogP contribution in [0.3, 0.4) is 0 Å². The monoisotopic (exact) mass is 224 g/mol. The van der Waals surface area contributed by atoms with Crippen LogP contribution in [0.1, 0.15) is 91.4 Å². The first kappa shape index (κ1) is 14.1. The van der Waals surface area contributed by atoms with Crippen LogP contribution in [-0.2, 0) is 0 Å². The van der Waals surface area contributed by atoms with Gasteiger partial charge in [-0.25, -0.2) is 0 Å². The van der Waals surface area contributed by atoms with Gasteiger partial charge in [-0.05, 0) is 43.4 Å². The molecule has 1 saturated carbocycles. The molecule has 0 heteroatoms. The molecule has 0 atom stereocenters. The molecule has 0 amide bonds. The maximum absolute atomic E-state index is 2.42. The van der Waals surface area contributed by atoms with Crippen molar-refractivity contribution in [2.45, 2.75) is 91.4 Å². The summed E-state index contributed by atoms with van der Waals surface area (Å²) in [5.41, 5.74) is 0.749. The van der Waals surface area contributed by atoms with Gasteiger partial charge in [0.15, 0.2) is 0 Å². The minimum Gasteiger partial charge on any atom is -0.0654 e. The summed E-state index contributed by atoms with van der Waals surface area (Å²) in [6.45, 7) is 7.07. The van der Waals surface area contributed by atoms with E-state index in [1.54, 1.807) is 0 Å². The van der Waals surface area contributed by atoms with Gasteiger partial charge >= 0.3 is 0 Å². The van der Waals surface area contributed by atoms with Crippen molar-refractivity contribution in [3.63, 3.8) is 0 Å². The third-order valence-corrected chi connectivity index (χ3v) is 4.94. The SMILES string of the molecule is CCCCC1CCC(CC)(CCCC)CC1. The lowest BCUT2D eigenvalue weighted by molar-refractivity contribution is 0.122. The smallest absolute Gasteiger partial charge is 0.0300 e. The lowest BCUT2D eigenvalue weighted by atomic mass is 9.66. The maximum atomic E-state index is 2.42. The first-order valence-corrected chi connectivity index (χ1v) is 7.76. The fourth-order valence-corrected chi connectivity index (χ4v) is 3.40. The Balaban J connectivity index is 2.31. The zero-order valence-corrected chi connectivity index (χ0v) is 11.9. The van der Waals surface area contributed by atoms with Gasteiger partial charge in [-0.3, -0.25) is 0 Å². The fourth-order valence-electron chi connectivity index (χ4n) is 3.40. The Morgan fingerprint density at radius 3 is 2.06 bits per heavy atom. The van der Waals surface area contributed by atoms with Gasteiger partial charge in [-0.1, -0.05) is 59.3 Å². The van der Waals surface area contributed by atoms with Crippen molar-refractivity contribution < 1.29 is 0 Å². The number of rotatable bonds is 7. The minimum atomic E-state index is 0.749. The van der Waals surface area contributed by atoms with Crippen LogP contribution in [0.2, 0.25) is 0 Å². The van der Waals surface area contributed by atoms with E-state index in [9.17, 15) is 0 Å². The van der Waals surface area contributed by atoms with Crippen molar-refractivity contribution >= 4 is 0 Å². The summed E-state index contributed by atoms with van der Waals surface area (Å²) in [6.07, 6.45) is 16.2. The summed E-state index contributed by atoms with van der Waals surface area (Å²) in [6, 6.07) is 0. The molecule has 0 aliphatic heterocycles. The van der Waals surface area contributed by atoms with Gasteiger partial charge in [0.2, 0.25) is 0 Å². The summed E-state index contributed by atoms with van der Waals surface area (Å²) in [7, 11) is 0. The molecule has 0 radical (unpaired) electrons. The lowest BCUT2D eigenvalue weighted by Gasteiger charge is -2.40. The van der Waals surface area contributed by atoms with E-state index in [2.05, 4.69) is 20.8 Å². The highest BCUT2D eigenvalue weighted by Gasteiger charge is 2.32. The quantitative estimate of drug-likeness (QED) is 0.501. The van der Waals surface area contributed by atoms with E-state index in [-0.39, 0.29) is 0 Å². The van der Waals surface area contributed by atoms with Crippen LogP contribution in [0, 0.1) is 11.3 Å². The van der Waals surface area contributed by atoms with Crippen LogP contribution >= 0.6 is 0 Å². The molecule has 0 saturated heterocycles. The highest BCUT2D eigenvalue weighted by Crippen LogP contribution is 2.46. The van der Waals surface area contributed by atoms with Crippen molar-refractivity contribution in [3.05, 3.63) is 0 Å². The van der Waals surface area contributed by atoms with Gasteiger partial charge in [-0.15, -0.1) is 0 Å². The van der Waals surface area contributed by atoms with E-state index in [1.807, 2.05) is 0 Å². The summed E-state index contributed by atoms with van der Waals surface area (Å²) < 4.78 is 0. The Labute approximate surface area is 103 Å². The summed E-state index contributed by atoms with van der Waals surface area (Å²) in [4.78, 5) is 0. The number of hydrogen-bond acceptors (Lipinski definition) is 0. The third-order valence-electron chi connectivity index (χ3n) is 4.94. The van der Waals surface area contributed by atoms with Crippen molar-refractivity contribution in [3.8, 4) is 0 Å². The van der Waals surface area contributed by atoms with Gasteiger partial charge in [0.1, 0.15) is 0 Å². The highest BCUT2D eigenvalue weighted by atomic mass is 14.4. The molecular weight excluding hydrogens is 192 g/mol. The molecule has 0 nitrogen and oxygen atoms in total. The van der Waals surface area contributed by atoms with Crippen LogP contribution in [0.5, 0.6) is 0 Å². The molecule has 1 aliphatic rings. The molecule has 1 fully saturated rings. The molecule has 0 bridgehead atoms. The standard InChI is InChI=1S/C16H32/c1-4-7-9-15-10-13-16(6-3,14-11-15)12-8-5-2/h15H,4-14H2,1-3H3. The normalized spacial score (nSPS) is 30.6. The molecule has 0 spiro atoms. The Morgan fingerprint density at radius 1 is 0.938 bits per heavy atom. The molecule has 0 aromatic rings. The number of hydrogen-bond donors (Lipinski definition) is 0. The molecule has 0 heterocycles. The van der Waals surface area contributed by atoms with Gasteiger partial charge in [0.05, 0.1) is 0 Å². The molecule has 0 aromatic carbocycles. The largest absolute Gasteiger partial charge is 0.0654 e. The second-order valence-electron chi connectivity index (χ2n) is 6.04. The highest BCUT2D eigenvalue weighted by molar-refractivity contribution is 4.84. The van der Waals surface area contributed by atoms with Crippen molar-refractivity contribution in [2.24, 2.45) is 11.3 Å². The molecule has 16 heavy (non-hydrogen) atoms. The zero-order valence-electron chi connectivity index (χ0n) is 11.9. The van der Waals surface area contributed by atoms with E-state index in [4.69, 9.17) is 0 Å². The van der Waals surface area contributed by atoms with E-state index in [0.717, 1.165) is 11.3 Å². The van der Waals surface area contributed by atoms with Crippen molar-refractivity contribution in [1.29, 1.82) is 0 Å². The zero-order chi connectivity index (χ0) is 11.9. The van der Waals surface area contributed by atoms with Gasteiger partial charge in [0, 0.05) is 0 Å². The minimum absolute atomic E-state index is 0.749. The van der Waals surface area contributed by atoms with Crippen molar-refractivity contribution in [1.82, 2.24) is 0 Å². The predicted molar refractivity (Wildman–Crippen MR) is 73.7 cm³/mol. The third kappa shape index (κ3) is 4.11. The molecule has 1 rings (SSSR count). The molecule has 1 aliphatic carbocycles. The maximum Gasteiger partial charge on any atom is -0.0300 e. The van der Waals surface area contributed by atoms with E-state index >= 15 is 0 Å². The van der Waals surface area contributed by atoms with Gasteiger partial charge in [-0.2, -0.15) is 0 Å². The Bertz CT molecular complexity index is 163. The van der Waals surface area contributed by atoms with Gasteiger partial charge in [0.25, 0.3) is 0 Å². The predicted octanol–water partition coefficient (Wildman–Crippen LogP) is 5.95. The van der Waals surface area contributed by atoms with E-state index in [0.29, 0.717) is 0 Å². The molecular formula is C16H32. The fraction of sp³-hybridized carbons (Fsp3) is 1.00. The van der Waals surface area contributed by atoms with Crippen LogP contribution in [0.4, 0.5) is 0 Å². The summed E-state index contributed by atoms with van der Waals surface area (Å²) in [5.74, 6) is 1.07. The Kier molecular flexibility index (Phi) is 6.46. The van der Waals surface area contributed by atoms with Crippen LogP contribution < -0.4 is 0 Å². The molecule has 0 aromatic heterocycles. The lowest BCUT2D eigenvalue weighted by Crippen LogP contribution is -2.27. The van der Waals surface area contributed by atoms with Gasteiger partial charge < -0.3 is 0 Å². The molecule has 96 valence electrons.